The first kappa shape index (κ1) is 29.5. The van der Waals surface area contributed by atoms with Gasteiger partial charge in [-0.2, -0.15) is 5.10 Å². The minimum atomic E-state index is -0.475. The van der Waals surface area contributed by atoms with Crippen molar-refractivity contribution in [1.29, 1.82) is 0 Å². The number of benzene rings is 1. The van der Waals surface area contributed by atoms with Gasteiger partial charge in [0.15, 0.2) is 11.6 Å². The Kier molecular flexibility index (Phi) is 8.40. The Labute approximate surface area is 243 Å². The molecule has 3 aliphatic rings. The quantitative estimate of drug-likeness (QED) is 0.498. The van der Waals surface area contributed by atoms with Crippen LogP contribution in [0.1, 0.15) is 108 Å². The highest BCUT2D eigenvalue weighted by Crippen LogP contribution is 2.59. The van der Waals surface area contributed by atoms with Crippen molar-refractivity contribution in [3.63, 3.8) is 0 Å². The molecule has 1 aliphatic carbocycles. The van der Waals surface area contributed by atoms with Crippen LogP contribution in [0.5, 0.6) is 0 Å². The maximum absolute atomic E-state index is 14.0. The van der Waals surface area contributed by atoms with Gasteiger partial charge in [-0.3, -0.25) is 23.9 Å². The van der Waals surface area contributed by atoms with Crippen molar-refractivity contribution >= 4 is 34.3 Å². The number of piperidine rings is 1. The van der Waals surface area contributed by atoms with Crippen molar-refractivity contribution in [1.82, 2.24) is 20.0 Å². The third-order valence-electron chi connectivity index (χ3n) is 9.60. The molecule has 222 valence electrons. The molecule has 8 heteroatoms. The predicted octanol–water partition coefficient (Wildman–Crippen LogP) is 5.04. The highest BCUT2D eigenvalue weighted by atomic mass is 16.2. The predicted molar refractivity (Wildman–Crippen MR) is 159 cm³/mol. The van der Waals surface area contributed by atoms with Gasteiger partial charge in [0.1, 0.15) is 12.2 Å². The van der Waals surface area contributed by atoms with Gasteiger partial charge in [0.2, 0.25) is 11.8 Å². The fourth-order valence-electron chi connectivity index (χ4n) is 7.17. The number of rotatable bonds is 6. The molecular formula is C33H46N4O4. The van der Waals surface area contributed by atoms with Crippen LogP contribution in [0, 0.1) is 17.3 Å². The van der Waals surface area contributed by atoms with Crippen LogP contribution in [0.3, 0.4) is 0 Å². The SMILES string of the molecule is CCC(=O)[C@@H]1C[C@]23CNC(=O)C[C@@H](C)CCCCc4cc(CCC(C)C)cc5c(C(C)=O)nn(c45)CC(=O)N1[C@@H]2C3. The highest BCUT2D eigenvalue weighted by Gasteiger charge is 2.66. The number of ketones is 2. The van der Waals surface area contributed by atoms with E-state index in [1.54, 1.807) is 9.58 Å². The zero-order valence-electron chi connectivity index (χ0n) is 25.4. The molecule has 1 aromatic heterocycles. The summed E-state index contributed by atoms with van der Waals surface area (Å²) >= 11 is 0. The summed E-state index contributed by atoms with van der Waals surface area (Å²) in [5, 5.41) is 8.70. The Morgan fingerprint density at radius 2 is 1.95 bits per heavy atom. The number of carbonyl (C=O) groups is 4. The molecule has 0 radical (unpaired) electrons. The van der Waals surface area contributed by atoms with Crippen molar-refractivity contribution in [3.05, 3.63) is 29.0 Å². The number of nitrogens with zero attached hydrogens (tertiary/aromatic N) is 3. The van der Waals surface area contributed by atoms with Crippen LogP contribution < -0.4 is 5.32 Å². The Balaban J connectivity index is 1.57. The standard InChI is InChI=1S/C33H46N4O4/c1-6-27(39)26-16-33-17-28(33)37(26)30(41)18-36-32-24(10-8-7-9-21(4)13-29(40)34-19-33)14-23(12-11-20(2)3)15-25(32)31(35-36)22(5)38/h14-15,20-21,26,28H,6-13,16-19H2,1-5H3,(H,34,40)/t21-,26-,28+,33-/m0/s1. The number of hydrogen-bond donors (Lipinski definition) is 1. The van der Waals surface area contributed by atoms with E-state index < -0.39 is 6.04 Å². The largest absolute Gasteiger partial charge is 0.355 e. The smallest absolute Gasteiger partial charge is 0.245 e. The Bertz CT molecular complexity index is 1360. The molecule has 1 saturated carbocycles. The average Bonchev–Trinajstić information content (AvgIpc) is 3.33. The molecule has 5 rings (SSSR count). The lowest BCUT2D eigenvalue weighted by Gasteiger charge is -2.26. The van der Waals surface area contributed by atoms with Crippen LogP contribution >= 0.6 is 0 Å². The van der Waals surface area contributed by atoms with Gasteiger partial charge in [0, 0.05) is 43.2 Å². The summed E-state index contributed by atoms with van der Waals surface area (Å²) in [5.74, 6) is 0.713. The first-order valence-corrected chi connectivity index (χ1v) is 15.7. The van der Waals surface area contributed by atoms with Gasteiger partial charge in [-0.05, 0) is 67.6 Å². The molecule has 0 spiro atoms. The minimum Gasteiger partial charge on any atom is -0.355 e. The van der Waals surface area contributed by atoms with Crippen molar-refractivity contribution in [2.24, 2.45) is 17.3 Å². The summed E-state index contributed by atoms with van der Waals surface area (Å²) in [6, 6.07) is 3.81. The lowest BCUT2D eigenvalue weighted by molar-refractivity contribution is -0.139. The maximum atomic E-state index is 14.0. The van der Waals surface area contributed by atoms with E-state index in [-0.39, 0.29) is 47.3 Å². The van der Waals surface area contributed by atoms with Crippen LogP contribution in [-0.4, -0.2) is 56.7 Å². The fourth-order valence-corrected chi connectivity index (χ4v) is 7.17. The summed E-state index contributed by atoms with van der Waals surface area (Å²) in [6.45, 7) is 10.4. The van der Waals surface area contributed by atoms with Crippen molar-refractivity contribution in [3.8, 4) is 0 Å². The van der Waals surface area contributed by atoms with Gasteiger partial charge in [-0.25, -0.2) is 0 Å². The highest BCUT2D eigenvalue weighted by molar-refractivity contribution is 6.06. The van der Waals surface area contributed by atoms with Crippen molar-refractivity contribution in [2.45, 2.75) is 117 Å². The summed E-state index contributed by atoms with van der Waals surface area (Å²) in [4.78, 5) is 54.4. The van der Waals surface area contributed by atoms with Gasteiger partial charge in [-0.1, -0.05) is 46.6 Å². The monoisotopic (exact) mass is 562 g/mol. The van der Waals surface area contributed by atoms with Crippen LogP contribution in [0.4, 0.5) is 0 Å². The van der Waals surface area contributed by atoms with Gasteiger partial charge < -0.3 is 10.2 Å². The zero-order valence-corrected chi connectivity index (χ0v) is 25.4. The summed E-state index contributed by atoms with van der Waals surface area (Å²) in [5.41, 5.74) is 3.36. The number of hydrogen-bond acceptors (Lipinski definition) is 5. The lowest BCUT2D eigenvalue weighted by Crippen LogP contribution is -2.44. The second kappa shape index (κ2) is 11.7. The number of carbonyl (C=O) groups excluding carboxylic acids is 4. The Morgan fingerprint density at radius 1 is 1.17 bits per heavy atom. The molecular weight excluding hydrogens is 516 g/mol. The van der Waals surface area contributed by atoms with Gasteiger partial charge in [-0.15, -0.1) is 0 Å². The van der Waals surface area contributed by atoms with Gasteiger partial charge >= 0.3 is 0 Å². The average molecular weight is 563 g/mol. The third kappa shape index (κ3) is 5.98. The molecule has 1 aromatic carbocycles. The van der Waals surface area contributed by atoms with Crippen LogP contribution in [0.25, 0.3) is 10.9 Å². The molecule has 2 aromatic rings. The van der Waals surface area contributed by atoms with E-state index in [1.807, 2.05) is 6.92 Å². The lowest BCUT2D eigenvalue weighted by atomic mass is 9.94. The van der Waals surface area contributed by atoms with Crippen LogP contribution in [0.15, 0.2) is 12.1 Å². The molecule has 1 N–H and O–H groups in total. The molecule has 3 heterocycles. The van der Waals surface area contributed by atoms with E-state index >= 15 is 0 Å². The molecule has 41 heavy (non-hydrogen) atoms. The second-order valence-electron chi connectivity index (χ2n) is 13.4. The van der Waals surface area contributed by atoms with Crippen LogP contribution in [0.2, 0.25) is 0 Å². The maximum Gasteiger partial charge on any atom is 0.245 e. The molecule has 4 atom stereocenters. The first-order chi connectivity index (χ1) is 19.5. The first-order valence-electron chi connectivity index (χ1n) is 15.7. The number of aryl methyl sites for hydroxylation is 2. The molecule has 2 aliphatic heterocycles. The fraction of sp³-hybridized carbons (Fsp3) is 0.667. The molecule has 8 nitrogen and oxygen atoms in total. The summed E-state index contributed by atoms with van der Waals surface area (Å²) in [7, 11) is 0. The van der Waals surface area contributed by atoms with E-state index in [1.165, 1.54) is 12.5 Å². The number of amides is 2. The van der Waals surface area contributed by atoms with E-state index in [4.69, 9.17) is 5.10 Å². The third-order valence-corrected chi connectivity index (χ3v) is 9.60. The topological polar surface area (TPSA) is 101 Å². The summed E-state index contributed by atoms with van der Waals surface area (Å²) in [6.07, 6.45) is 7.95. The minimum absolute atomic E-state index is 0.00835. The van der Waals surface area contributed by atoms with E-state index in [0.29, 0.717) is 37.4 Å². The van der Waals surface area contributed by atoms with Crippen LogP contribution in [-0.2, 0) is 33.8 Å². The van der Waals surface area contributed by atoms with Crippen molar-refractivity contribution in [2.75, 3.05) is 6.54 Å². The molecule has 2 bridgehead atoms. The molecule has 2 fully saturated rings. The molecule has 0 unspecified atom stereocenters. The number of nitrogens with one attached hydrogen (secondary N) is 1. The second-order valence-corrected chi connectivity index (χ2v) is 13.4. The van der Waals surface area contributed by atoms with E-state index in [0.717, 1.165) is 61.4 Å². The Morgan fingerprint density at radius 3 is 2.66 bits per heavy atom. The van der Waals surface area contributed by atoms with E-state index in [9.17, 15) is 19.2 Å². The van der Waals surface area contributed by atoms with Gasteiger partial charge in [0.05, 0.1) is 11.6 Å². The summed E-state index contributed by atoms with van der Waals surface area (Å²) < 4.78 is 1.73. The zero-order chi connectivity index (χ0) is 29.5. The van der Waals surface area contributed by atoms with Crippen molar-refractivity contribution < 1.29 is 19.2 Å². The normalized spacial score (nSPS) is 27.1. The Hall–Kier alpha value is -3.03. The number of aromatic nitrogens is 2. The number of Topliss-reactive ketones (excluding diaryl/α,β-unsaturated/α-hetero) is 2. The van der Waals surface area contributed by atoms with Gasteiger partial charge in [0.25, 0.3) is 0 Å². The molecule has 1 saturated heterocycles. The molecule has 2 amide bonds. The van der Waals surface area contributed by atoms with E-state index in [2.05, 4.69) is 38.2 Å².